The molecule has 5 heteroatoms. The molecule has 5 aliphatic carbocycles. The van der Waals surface area contributed by atoms with Crippen LogP contribution in [0.15, 0.2) is 22.8 Å². The number of rotatable bonds is 2. The molecular weight excluding hydrogens is 388 g/mol. The van der Waals surface area contributed by atoms with Gasteiger partial charge in [-0.3, -0.25) is 14.4 Å². The van der Waals surface area contributed by atoms with Crippen molar-refractivity contribution in [2.24, 2.45) is 40.4 Å². The summed E-state index contributed by atoms with van der Waals surface area (Å²) in [4.78, 5) is 37.1. The van der Waals surface area contributed by atoms with Gasteiger partial charge in [0.15, 0.2) is 17.2 Å². The van der Waals surface area contributed by atoms with E-state index in [0.717, 1.165) is 31.3 Å². The van der Waals surface area contributed by atoms with E-state index in [1.165, 1.54) is 6.92 Å². The molecule has 0 saturated heterocycles. The second kappa shape index (κ2) is 5.84. The van der Waals surface area contributed by atoms with Crippen molar-refractivity contribution in [3.63, 3.8) is 0 Å². The highest BCUT2D eigenvalue weighted by molar-refractivity contribution is 6.32. The smallest absolute Gasteiger partial charge is 0.303 e. The van der Waals surface area contributed by atoms with Crippen molar-refractivity contribution in [2.45, 2.75) is 65.4 Å². The Bertz CT molecular complexity index is 903. The monoisotopic (exact) mass is 416 g/mol. The first-order chi connectivity index (χ1) is 13.6. The van der Waals surface area contributed by atoms with Crippen LogP contribution in [0.4, 0.5) is 0 Å². The fourth-order valence-corrected chi connectivity index (χ4v) is 8.43. The van der Waals surface area contributed by atoms with E-state index in [9.17, 15) is 14.4 Å². The van der Waals surface area contributed by atoms with Crippen LogP contribution in [0.5, 0.6) is 0 Å². The largest absolute Gasteiger partial charge is 0.451 e. The van der Waals surface area contributed by atoms with Crippen LogP contribution in [-0.2, 0) is 19.1 Å². The average molecular weight is 417 g/mol. The molecule has 4 nitrogen and oxygen atoms in total. The van der Waals surface area contributed by atoms with E-state index in [4.69, 9.17) is 16.3 Å². The number of Topliss-reactive ketones (excluding diaryl/α,β-unsaturated/α-hetero) is 1. The lowest BCUT2D eigenvalue weighted by Gasteiger charge is -2.57. The lowest BCUT2D eigenvalue weighted by Crippen LogP contribution is -2.58. The van der Waals surface area contributed by atoms with E-state index >= 15 is 0 Å². The van der Waals surface area contributed by atoms with Crippen molar-refractivity contribution in [3.05, 3.63) is 22.8 Å². The number of hydrogen-bond donors (Lipinski definition) is 0. The summed E-state index contributed by atoms with van der Waals surface area (Å²) in [7, 11) is 0. The molecule has 5 rings (SSSR count). The Kier molecular flexibility index (Phi) is 3.93. The number of allylic oxidation sites excluding steroid dienone is 4. The summed E-state index contributed by atoms with van der Waals surface area (Å²) in [6.45, 7) is 7.42. The number of halogens is 1. The second-order valence-electron chi connectivity index (χ2n) is 10.5. The van der Waals surface area contributed by atoms with Crippen molar-refractivity contribution >= 4 is 29.1 Å². The highest BCUT2D eigenvalue weighted by Gasteiger charge is 2.70. The fraction of sp³-hybridized carbons (Fsp3) is 0.708. The van der Waals surface area contributed by atoms with Crippen molar-refractivity contribution < 1.29 is 19.1 Å². The maximum absolute atomic E-state index is 12.8. The van der Waals surface area contributed by atoms with Gasteiger partial charge in [-0.2, -0.15) is 0 Å². The minimum atomic E-state index is -1.03. The van der Waals surface area contributed by atoms with Gasteiger partial charge in [-0.15, -0.1) is 0 Å². The maximum atomic E-state index is 12.8. The molecule has 8 atom stereocenters. The number of carbonyl (C=O) groups is 3. The van der Waals surface area contributed by atoms with Gasteiger partial charge in [-0.05, 0) is 74.3 Å². The maximum Gasteiger partial charge on any atom is 0.303 e. The minimum Gasteiger partial charge on any atom is -0.451 e. The Morgan fingerprint density at radius 3 is 2.45 bits per heavy atom. The van der Waals surface area contributed by atoms with Crippen molar-refractivity contribution in [3.8, 4) is 0 Å². The normalized spacial score (nSPS) is 49.7. The number of ketones is 2. The fourth-order valence-electron chi connectivity index (χ4n) is 8.03. The highest BCUT2D eigenvalue weighted by Crippen LogP contribution is 2.72. The molecule has 0 aromatic rings. The summed E-state index contributed by atoms with van der Waals surface area (Å²) in [5, 5.41) is 0.713. The molecule has 0 aromatic carbocycles. The molecule has 0 heterocycles. The van der Waals surface area contributed by atoms with Crippen molar-refractivity contribution in [1.82, 2.24) is 0 Å². The lowest BCUT2D eigenvalue weighted by atomic mass is 9.47. The first kappa shape index (κ1) is 19.5. The molecular formula is C24H29ClO4. The predicted molar refractivity (Wildman–Crippen MR) is 109 cm³/mol. The number of hydrogen-bond acceptors (Lipinski definition) is 4. The van der Waals surface area contributed by atoms with Crippen LogP contribution in [-0.4, -0.2) is 23.1 Å². The second-order valence-corrected chi connectivity index (χ2v) is 10.9. The van der Waals surface area contributed by atoms with Gasteiger partial charge in [0.25, 0.3) is 0 Å². The van der Waals surface area contributed by atoms with Crippen LogP contribution in [0.2, 0.25) is 0 Å². The average Bonchev–Trinajstić information content (AvgIpc) is 3.39. The molecule has 5 aliphatic rings. The van der Waals surface area contributed by atoms with Gasteiger partial charge in [0.1, 0.15) is 0 Å². The lowest BCUT2D eigenvalue weighted by molar-refractivity contribution is -0.185. The predicted octanol–water partition coefficient (Wildman–Crippen LogP) is 4.61. The zero-order chi connectivity index (χ0) is 20.9. The summed E-state index contributed by atoms with van der Waals surface area (Å²) >= 11 is 6.79. The molecule has 3 saturated carbocycles. The first-order valence-electron chi connectivity index (χ1n) is 10.9. The molecule has 0 aromatic heterocycles. The van der Waals surface area contributed by atoms with Gasteiger partial charge >= 0.3 is 5.97 Å². The Morgan fingerprint density at radius 2 is 1.79 bits per heavy atom. The Hall–Kier alpha value is -1.42. The molecule has 0 N–H and O–H groups in total. The Balaban J connectivity index is 1.60. The molecule has 0 unspecified atom stereocenters. The SMILES string of the molecule is CC(=O)O[C@]1(C(C)=O)CC[C@@H]2[C@@H]3C=C(Cl)C4=CC(=O)[C@@H]5C[C@@H]5[C@]4(C)[C@@H]3CC[C@@]21C. The van der Waals surface area contributed by atoms with E-state index < -0.39 is 5.60 Å². The van der Waals surface area contributed by atoms with Crippen LogP contribution < -0.4 is 0 Å². The molecule has 0 spiro atoms. The molecule has 0 radical (unpaired) electrons. The zero-order valence-corrected chi connectivity index (χ0v) is 18.3. The number of esters is 1. The molecule has 0 bridgehead atoms. The van der Waals surface area contributed by atoms with Gasteiger partial charge in [-0.1, -0.05) is 31.5 Å². The minimum absolute atomic E-state index is 0.0423. The van der Waals surface area contributed by atoms with Gasteiger partial charge in [0.2, 0.25) is 0 Å². The highest BCUT2D eigenvalue weighted by atomic mass is 35.5. The third-order valence-corrected chi connectivity index (χ3v) is 9.83. The topological polar surface area (TPSA) is 60.4 Å². The third kappa shape index (κ3) is 2.24. The van der Waals surface area contributed by atoms with E-state index in [1.54, 1.807) is 6.92 Å². The van der Waals surface area contributed by atoms with Gasteiger partial charge < -0.3 is 4.74 Å². The van der Waals surface area contributed by atoms with Crippen LogP contribution in [0.25, 0.3) is 0 Å². The van der Waals surface area contributed by atoms with Crippen LogP contribution in [0.3, 0.4) is 0 Å². The van der Waals surface area contributed by atoms with Crippen LogP contribution in [0, 0.1) is 40.4 Å². The van der Waals surface area contributed by atoms with E-state index in [2.05, 4.69) is 19.9 Å². The van der Waals surface area contributed by atoms with Crippen molar-refractivity contribution in [2.75, 3.05) is 0 Å². The van der Waals surface area contributed by atoms with E-state index in [1.807, 2.05) is 6.08 Å². The van der Waals surface area contributed by atoms with Crippen LogP contribution >= 0.6 is 11.6 Å². The summed E-state index contributed by atoms with van der Waals surface area (Å²) < 4.78 is 5.82. The van der Waals surface area contributed by atoms with Gasteiger partial charge in [0, 0.05) is 28.7 Å². The Morgan fingerprint density at radius 1 is 1.10 bits per heavy atom. The molecule has 29 heavy (non-hydrogen) atoms. The number of ether oxygens (including phenoxy) is 1. The third-order valence-electron chi connectivity index (χ3n) is 9.50. The van der Waals surface area contributed by atoms with E-state index in [0.29, 0.717) is 23.3 Å². The molecule has 156 valence electrons. The van der Waals surface area contributed by atoms with Gasteiger partial charge in [0.05, 0.1) is 0 Å². The van der Waals surface area contributed by atoms with Gasteiger partial charge in [-0.25, -0.2) is 0 Å². The summed E-state index contributed by atoms with van der Waals surface area (Å²) in [5.74, 6) is 1.27. The van der Waals surface area contributed by atoms with Crippen molar-refractivity contribution in [1.29, 1.82) is 0 Å². The molecule has 0 aliphatic heterocycles. The Labute approximate surface area is 177 Å². The molecule has 3 fully saturated rings. The zero-order valence-electron chi connectivity index (χ0n) is 17.6. The number of fused-ring (bicyclic) bond motifs is 7. The summed E-state index contributed by atoms with van der Waals surface area (Å²) in [5.41, 5.74) is -0.455. The quantitative estimate of drug-likeness (QED) is 0.617. The first-order valence-corrected chi connectivity index (χ1v) is 11.3. The van der Waals surface area contributed by atoms with E-state index in [-0.39, 0.29) is 46.1 Å². The number of carbonyl (C=O) groups excluding carboxylic acids is 3. The van der Waals surface area contributed by atoms with Crippen LogP contribution in [0.1, 0.15) is 59.8 Å². The molecule has 0 amide bonds. The summed E-state index contributed by atoms with van der Waals surface area (Å²) in [6.07, 6.45) is 8.18. The summed E-state index contributed by atoms with van der Waals surface area (Å²) in [6, 6.07) is 0. The standard InChI is InChI=1S/C24H29ClO4/c1-12(26)24(29-13(2)27)8-6-16-14-10-20(25)19-11-21(28)15-9-18(15)23(19,4)17(14)5-7-22(16,24)3/h10-11,14-18H,5-9H2,1-4H3/t14-,15+,16+,17+,18-,22-,23-,24-/m0/s1.